The Morgan fingerprint density at radius 3 is 2.81 bits per heavy atom. The largest absolute Gasteiger partial charge is 0.368 e. The molecular weight excluding hydrogens is 330 g/mol. The number of nitrogens with zero attached hydrogens (tertiary/aromatic N) is 2. The van der Waals surface area contributed by atoms with Crippen LogP contribution in [-0.2, 0) is 9.47 Å². The number of amides is 1. The van der Waals surface area contributed by atoms with Crippen LogP contribution in [0.1, 0.15) is 42.4 Å². The second-order valence-electron chi connectivity index (χ2n) is 7.16. The van der Waals surface area contributed by atoms with Crippen LogP contribution in [0.5, 0.6) is 0 Å². The van der Waals surface area contributed by atoms with Crippen molar-refractivity contribution in [2.75, 3.05) is 11.9 Å². The van der Waals surface area contributed by atoms with E-state index in [1.54, 1.807) is 18.5 Å². The Balaban J connectivity index is 1.53. The number of fused-ring (bicyclic) bond motifs is 2. The van der Waals surface area contributed by atoms with Gasteiger partial charge in [0, 0.05) is 11.5 Å². The van der Waals surface area contributed by atoms with Gasteiger partial charge < -0.3 is 9.47 Å². The molecule has 3 heterocycles. The number of ether oxygens (including phenoxy) is 2. The standard InChI is InChI=1S/C20H23N3O3/c1-4-20-11-25-16(14(20)3)19(26-20)23-10-13(2)17(21-12-23)22-18(24)15-8-6-5-7-9-15/h5-10,12,14,16,19H,4,11H2,1-3H3/p+1/t14-,16?,19-,20+/m1/s1. The van der Waals surface area contributed by atoms with E-state index in [1.165, 1.54) is 0 Å². The molecule has 4 atom stereocenters. The monoisotopic (exact) mass is 354 g/mol. The molecule has 26 heavy (non-hydrogen) atoms. The van der Waals surface area contributed by atoms with Gasteiger partial charge in [0.25, 0.3) is 18.1 Å². The highest BCUT2D eigenvalue weighted by Gasteiger charge is 2.60. The van der Waals surface area contributed by atoms with Gasteiger partial charge in [0.2, 0.25) is 6.23 Å². The maximum atomic E-state index is 12.3. The fraction of sp³-hybridized carbons (Fsp3) is 0.450. The molecule has 2 aliphatic rings. The number of carbonyl (C=O) groups is 1. The van der Waals surface area contributed by atoms with Crippen LogP contribution in [0.25, 0.3) is 0 Å². The summed E-state index contributed by atoms with van der Waals surface area (Å²) in [6.07, 6.45) is 4.45. The van der Waals surface area contributed by atoms with E-state index >= 15 is 0 Å². The number of aryl methyl sites for hydroxylation is 1. The molecule has 1 unspecified atom stereocenters. The Morgan fingerprint density at radius 1 is 1.38 bits per heavy atom. The average molecular weight is 354 g/mol. The maximum absolute atomic E-state index is 12.3. The summed E-state index contributed by atoms with van der Waals surface area (Å²) in [6, 6.07) is 9.11. The second-order valence-corrected chi connectivity index (χ2v) is 7.16. The van der Waals surface area contributed by atoms with Crippen molar-refractivity contribution in [3.63, 3.8) is 0 Å². The first-order chi connectivity index (χ1) is 12.5. The van der Waals surface area contributed by atoms with Crippen molar-refractivity contribution in [3.8, 4) is 0 Å². The van der Waals surface area contributed by atoms with Crippen molar-refractivity contribution in [2.45, 2.75) is 45.1 Å². The lowest BCUT2D eigenvalue weighted by molar-refractivity contribution is -0.774. The Bertz CT molecular complexity index is 826. The SMILES string of the molecule is CC[C@@]12COC([C@H]([n+]3cnc(NC(=O)c4ccccc4)c(C)c3)O1)[C@H]2C. The third-order valence-corrected chi connectivity index (χ3v) is 5.68. The quantitative estimate of drug-likeness (QED) is 0.858. The summed E-state index contributed by atoms with van der Waals surface area (Å²) < 4.78 is 14.3. The molecule has 1 aromatic carbocycles. The molecular formula is C20H24N3O3+. The van der Waals surface area contributed by atoms with Crippen molar-refractivity contribution in [1.29, 1.82) is 0 Å². The fourth-order valence-electron chi connectivity index (χ4n) is 3.91. The molecule has 1 amide bonds. The zero-order valence-electron chi connectivity index (χ0n) is 15.3. The normalized spacial score (nSPS) is 29.7. The van der Waals surface area contributed by atoms with Crippen LogP contribution in [0.3, 0.4) is 0 Å². The summed E-state index contributed by atoms with van der Waals surface area (Å²) in [4.78, 5) is 16.8. The molecule has 0 spiro atoms. The molecule has 0 saturated carbocycles. The van der Waals surface area contributed by atoms with Crippen LogP contribution in [0, 0.1) is 12.8 Å². The Morgan fingerprint density at radius 2 is 2.15 bits per heavy atom. The lowest BCUT2D eigenvalue weighted by Gasteiger charge is -2.29. The van der Waals surface area contributed by atoms with Gasteiger partial charge in [-0.25, -0.2) is 4.57 Å². The molecule has 2 bridgehead atoms. The minimum atomic E-state index is -0.198. The first-order valence-corrected chi connectivity index (χ1v) is 9.07. The average Bonchev–Trinajstić information content (AvgIpc) is 3.14. The number of anilines is 1. The smallest absolute Gasteiger partial charge is 0.291 e. The highest BCUT2D eigenvalue weighted by atomic mass is 16.6. The predicted octanol–water partition coefficient (Wildman–Crippen LogP) is 2.64. The molecule has 6 nitrogen and oxygen atoms in total. The molecule has 4 rings (SSSR count). The van der Waals surface area contributed by atoms with Gasteiger partial charge in [-0.05, 0) is 30.5 Å². The Hall–Kier alpha value is -2.31. The van der Waals surface area contributed by atoms with Gasteiger partial charge in [-0.2, -0.15) is 0 Å². The van der Waals surface area contributed by atoms with Crippen molar-refractivity contribution in [1.82, 2.24) is 4.98 Å². The summed E-state index contributed by atoms with van der Waals surface area (Å²) in [7, 11) is 0. The summed E-state index contributed by atoms with van der Waals surface area (Å²) >= 11 is 0. The van der Waals surface area contributed by atoms with Crippen LogP contribution in [0.15, 0.2) is 42.9 Å². The lowest BCUT2D eigenvalue weighted by Crippen LogP contribution is -2.49. The number of hydrogen-bond donors (Lipinski definition) is 1. The van der Waals surface area contributed by atoms with Crippen molar-refractivity contribution in [3.05, 3.63) is 54.0 Å². The number of nitrogens with one attached hydrogen (secondary N) is 1. The van der Waals surface area contributed by atoms with Gasteiger partial charge in [0.15, 0.2) is 0 Å². The summed E-state index contributed by atoms with van der Waals surface area (Å²) in [6.45, 7) is 6.92. The van der Waals surface area contributed by atoms with Crippen molar-refractivity contribution in [2.24, 2.45) is 5.92 Å². The third kappa shape index (κ3) is 2.70. The molecule has 136 valence electrons. The van der Waals surface area contributed by atoms with Gasteiger partial charge in [-0.3, -0.25) is 10.1 Å². The van der Waals surface area contributed by atoms with E-state index in [0.29, 0.717) is 23.9 Å². The molecule has 2 fully saturated rings. The van der Waals surface area contributed by atoms with Crippen LogP contribution in [-0.4, -0.2) is 29.2 Å². The van der Waals surface area contributed by atoms with E-state index in [2.05, 4.69) is 24.1 Å². The second kappa shape index (κ2) is 6.45. The van der Waals surface area contributed by atoms with Crippen LogP contribution < -0.4 is 9.88 Å². The minimum absolute atomic E-state index is 0.0332. The van der Waals surface area contributed by atoms with E-state index < -0.39 is 0 Å². The third-order valence-electron chi connectivity index (χ3n) is 5.68. The first kappa shape index (κ1) is 17.1. The first-order valence-electron chi connectivity index (χ1n) is 9.07. The predicted molar refractivity (Wildman–Crippen MR) is 95.6 cm³/mol. The highest BCUT2D eigenvalue weighted by molar-refractivity contribution is 6.03. The molecule has 6 heteroatoms. The fourth-order valence-corrected chi connectivity index (χ4v) is 3.91. The van der Waals surface area contributed by atoms with E-state index in [9.17, 15) is 4.79 Å². The van der Waals surface area contributed by atoms with Crippen molar-refractivity contribution >= 4 is 11.7 Å². The molecule has 2 aromatic rings. The molecule has 2 saturated heterocycles. The molecule has 0 aliphatic carbocycles. The number of benzene rings is 1. The van der Waals surface area contributed by atoms with Gasteiger partial charge >= 0.3 is 0 Å². The van der Waals surface area contributed by atoms with Crippen molar-refractivity contribution < 1.29 is 18.8 Å². The zero-order chi connectivity index (χ0) is 18.3. The number of hydrogen-bond acceptors (Lipinski definition) is 4. The van der Waals surface area contributed by atoms with Gasteiger partial charge in [-0.15, -0.1) is 0 Å². The Labute approximate surface area is 153 Å². The van der Waals surface area contributed by atoms with E-state index in [0.717, 1.165) is 12.0 Å². The summed E-state index contributed by atoms with van der Waals surface area (Å²) in [5.41, 5.74) is 1.28. The molecule has 1 aromatic heterocycles. The number of rotatable bonds is 4. The number of carbonyl (C=O) groups excluding carboxylic acids is 1. The molecule has 1 N–H and O–H groups in total. The number of aromatic nitrogens is 2. The van der Waals surface area contributed by atoms with Crippen LogP contribution >= 0.6 is 0 Å². The Kier molecular flexibility index (Phi) is 4.25. The topological polar surface area (TPSA) is 64.3 Å². The highest BCUT2D eigenvalue weighted by Crippen LogP contribution is 2.48. The molecule has 0 radical (unpaired) electrons. The van der Waals surface area contributed by atoms with Gasteiger partial charge in [0.05, 0.1) is 12.2 Å². The van der Waals surface area contributed by atoms with Gasteiger partial charge in [-0.1, -0.05) is 32.0 Å². The van der Waals surface area contributed by atoms with E-state index in [1.807, 2.05) is 35.9 Å². The van der Waals surface area contributed by atoms with Gasteiger partial charge in [0.1, 0.15) is 17.9 Å². The minimum Gasteiger partial charge on any atom is -0.368 e. The van der Waals surface area contributed by atoms with Crippen LogP contribution in [0.4, 0.5) is 5.82 Å². The summed E-state index contributed by atoms with van der Waals surface area (Å²) in [5.74, 6) is 0.734. The van der Waals surface area contributed by atoms with E-state index in [-0.39, 0.29) is 23.8 Å². The maximum Gasteiger partial charge on any atom is 0.291 e. The van der Waals surface area contributed by atoms with E-state index in [4.69, 9.17) is 9.47 Å². The molecule has 2 aliphatic heterocycles. The lowest BCUT2D eigenvalue weighted by atomic mass is 9.88. The summed E-state index contributed by atoms with van der Waals surface area (Å²) in [5, 5.41) is 2.87. The zero-order valence-corrected chi connectivity index (χ0v) is 15.3. The van der Waals surface area contributed by atoms with Crippen LogP contribution in [0.2, 0.25) is 0 Å².